The number of piperazine rings is 1. The fraction of sp³-hybridized carbons (Fsp3) is 0.258. The van der Waals surface area contributed by atoms with E-state index in [4.69, 9.17) is 9.72 Å². The number of aromatic nitrogens is 2. The van der Waals surface area contributed by atoms with E-state index in [0.29, 0.717) is 65.9 Å². The Bertz CT molecular complexity index is 1570. The summed E-state index contributed by atoms with van der Waals surface area (Å²) in [5, 5.41) is 16.8. The Morgan fingerprint density at radius 2 is 1.93 bits per heavy atom. The molecule has 4 aromatic rings. The smallest absolute Gasteiger partial charge is 0.247 e. The quantitative estimate of drug-likeness (QED) is 0.179. The number of rotatable bonds is 10. The van der Waals surface area contributed by atoms with E-state index in [-0.39, 0.29) is 12.5 Å². The number of hydrogen-bond donors (Lipinski definition) is 3. The topological polar surface area (TPSA) is 103 Å². The Morgan fingerprint density at radius 3 is 2.67 bits per heavy atom. The molecule has 1 aliphatic heterocycles. The van der Waals surface area contributed by atoms with Gasteiger partial charge in [0.25, 0.3) is 0 Å². The molecule has 3 N–H and O–H groups in total. The number of carbonyl (C=O) groups excluding carboxylic acids is 1. The number of methoxy groups -OCH3 is 1. The Kier molecular flexibility index (Phi) is 9.01. The summed E-state index contributed by atoms with van der Waals surface area (Å²) in [5.41, 5.74) is 4.57. The van der Waals surface area contributed by atoms with Crippen LogP contribution in [0.5, 0.6) is 0 Å². The van der Waals surface area contributed by atoms with Crippen molar-refractivity contribution in [2.75, 3.05) is 48.9 Å². The Hall–Kier alpha value is -4.45. The molecule has 11 heteroatoms. The number of amides is 1. The fourth-order valence-electron chi connectivity index (χ4n) is 4.98. The lowest BCUT2D eigenvalue weighted by atomic mass is 9.96. The van der Waals surface area contributed by atoms with Crippen molar-refractivity contribution in [3.05, 3.63) is 85.1 Å². The number of nitrogens with one attached hydrogen (secondary N) is 2. The highest BCUT2D eigenvalue weighted by Crippen LogP contribution is 2.34. The average molecular weight is 575 g/mol. The molecular formula is C31H32F2N6O3. The van der Waals surface area contributed by atoms with Crippen LogP contribution in [0.3, 0.4) is 0 Å². The Morgan fingerprint density at radius 1 is 1.12 bits per heavy atom. The molecule has 5 rings (SSSR count). The van der Waals surface area contributed by atoms with Crippen molar-refractivity contribution in [2.45, 2.75) is 19.2 Å². The summed E-state index contributed by atoms with van der Waals surface area (Å²) in [7, 11) is 1.53. The lowest BCUT2D eigenvalue weighted by molar-refractivity contribution is -0.111. The number of benzene rings is 3. The summed E-state index contributed by atoms with van der Waals surface area (Å²) < 4.78 is 34.6. The van der Waals surface area contributed by atoms with Crippen molar-refractivity contribution in [1.29, 1.82) is 0 Å². The van der Waals surface area contributed by atoms with Gasteiger partial charge in [0.15, 0.2) is 0 Å². The van der Waals surface area contributed by atoms with Gasteiger partial charge in [-0.25, -0.2) is 18.7 Å². The van der Waals surface area contributed by atoms with E-state index in [1.54, 1.807) is 42.6 Å². The highest BCUT2D eigenvalue weighted by atomic mass is 19.2. The molecule has 0 radical (unpaired) electrons. The zero-order valence-electron chi connectivity index (χ0n) is 23.1. The average Bonchev–Trinajstić information content (AvgIpc) is 3.01. The minimum absolute atomic E-state index is 0.210. The van der Waals surface area contributed by atoms with Crippen LogP contribution in [0, 0.1) is 0 Å². The molecule has 42 heavy (non-hydrogen) atoms. The van der Waals surface area contributed by atoms with Gasteiger partial charge >= 0.3 is 0 Å². The van der Waals surface area contributed by atoms with Gasteiger partial charge in [-0.3, -0.25) is 9.69 Å². The highest BCUT2D eigenvalue weighted by Gasteiger charge is 2.36. The van der Waals surface area contributed by atoms with Gasteiger partial charge in [0, 0.05) is 61.0 Å². The maximum absolute atomic E-state index is 14.9. The molecule has 0 spiro atoms. The number of nitrogens with zero attached hydrogens (tertiary/aromatic N) is 4. The molecule has 2 atom stereocenters. The second-order valence-corrected chi connectivity index (χ2v) is 9.80. The molecule has 9 nitrogen and oxygen atoms in total. The number of hydrogen-bond acceptors (Lipinski definition) is 8. The van der Waals surface area contributed by atoms with Gasteiger partial charge in [-0.15, -0.1) is 0 Å². The Labute approximate surface area is 242 Å². The zero-order valence-corrected chi connectivity index (χ0v) is 23.1. The molecule has 1 amide bonds. The Balaban J connectivity index is 1.39. The highest BCUT2D eigenvalue weighted by molar-refractivity contribution is 6.00. The number of ether oxygens (including phenoxy) is 1. The second kappa shape index (κ2) is 13.0. The number of carbonyl (C=O) groups is 1. The van der Waals surface area contributed by atoms with Gasteiger partial charge in [0.2, 0.25) is 24.4 Å². The standard InChI is InChI=1S/C31H32F2N6O3/c1-3-26(41)35-24-6-4-5-20(17-24)27-22(19-40)8-7-21-18-34-31(37-28(21)27)36-23-9-11-25(12-10-23)39-14-13-38(15-16-42-2)29(32)30(39)33/h3-12,17-18,29-30,40H,1,13-16,19H2,2H3,(H,35,41)(H,34,36,37). The predicted octanol–water partition coefficient (Wildman–Crippen LogP) is 5.02. The molecule has 0 aliphatic carbocycles. The first-order valence-corrected chi connectivity index (χ1v) is 13.5. The van der Waals surface area contributed by atoms with Gasteiger partial charge in [-0.2, -0.15) is 0 Å². The third-order valence-corrected chi connectivity index (χ3v) is 7.15. The summed E-state index contributed by atoms with van der Waals surface area (Å²) in [6, 6.07) is 17.9. The SMILES string of the molecule is C=CC(=O)Nc1cccc(-c2c(CO)ccc3cnc(Nc4ccc(N5CCN(CCOC)C(F)C5F)cc4)nc23)c1. The van der Waals surface area contributed by atoms with Crippen LogP contribution in [0.4, 0.5) is 31.8 Å². The molecule has 1 saturated heterocycles. The van der Waals surface area contributed by atoms with Gasteiger partial charge in [0.05, 0.1) is 18.7 Å². The molecule has 3 aromatic carbocycles. The summed E-state index contributed by atoms with van der Waals surface area (Å²) in [6.07, 6.45) is -0.652. The first-order chi connectivity index (χ1) is 20.4. The van der Waals surface area contributed by atoms with E-state index in [9.17, 15) is 18.7 Å². The van der Waals surface area contributed by atoms with E-state index in [1.165, 1.54) is 23.0 Å². The fourth-order valence-corrected chi connectivity index (χ4v) is 4.98. The van der Waals surface area contributed by atoms with Crippen LogP contribution in [0.2, 0.25) is 0 Å². The lowest BCUT2D eigenvalue weighted by Gasteiger charge is -2.41. The first kappa shape index (κ1) is 29.1. The molecule has 2 unspecified atom stereocenters. The molecule has 1 fully saturated rings. The number of alkyl halides is 2. The van der Waals surface area contributed by atoms with Crippen molar-refractivity contribution in [3.63, 3.8) is 0 Å². The minimum Gasteiger partial charge on any atom is -0.392 e. The van der Waals surface area contributed by atoms with Crippen LogP contribution < -0.4 is 15.5 Å². The summed E-state index contributed by atoms with van der Waals surface area (Å²) in [5.74, 6) is -0.00943. The van der Waals surface area contributed by atoms with Crippen molar-refractivity contribution < 1.29 is 23.4 Å². The van der Waals surface area contributed by atoms with E-state index < -0.39 is 12.6 Å². The summed E-state index contributed by atoms with van der Waals surface area (Å²) >= 11 is 0. The van der Waals surface area contributed by atoms with E-state index in [0.717, 1.165) is 10.9 Å². The van der Waals surface area contributed by atoms with Crippen molar-refractivity contribution in [2.24, 2.45) is 0 Å². The third-order valence-electron chi connectivity index (χ3n) is 7.15. The second-order valence-electron chi connectivity index (χ2n) is 9.80. The summed E-state index contributed by atoms with van der Waals surface area (Å²) in [6.45, 7) is 4.69. The lowest BCUT2D eigenvalue weighted by Crippen LogP contribution is -2.56. The maximum Gasteiger partial charge on any atom is 0.247 e. The van der Waals surface area contributed by atoms with Crippen LogP contribution in [-0.4, -0.2) is 71.8 Å². The van der Waals surface area contributed by atoms with Crippen LogP contribution in [0.15, 0.2) is 79.5 Å². The normalized spacial score (nSPS) is 17.3. The largest absolute Gasteiger partial charge is 0.392 e. The van der Waals surface area contributed by atoms with Crippen LogP contribution in [-0.2, 0) is 16.1 Å². The molecule has 1 aromatic heterocycles. The van der Waals surface area contributed by atoms with Gasteiger partial charge in [0.1, 0.15) is 0 Å². The number of fused-ring (bicyclic) bond motifs is 1. The monoisotopic (exact) mass is 574 g/mol. The van der Waals surface area contributed by atoms with E-state index in [2.05, 4.69) is 22.2 Å². The third kappa shape index (κ3) is 6.23. The van der Waals surface area contributed by atoms with Crippen molar-refractivity contribution in [3.8, 4) is 11.1 Å². The van der Waals surface area contributed by atoms with Gasteiger partial charge in [-0.05, 0) is 53.6 Å². The predicted molar refractivity (Wildman–Crippen MR) is 160 cm³/mol. The van der Waals surface area contributed by atoms with Gasteiger partial charge < -0.3 is 25.4 Å². The van der Waals surface area contributed by atoms with Crippen LogP contribution in [0.1, 0.15) is 5.56 Å². The number of aliphatic hydroxyl groups excluding tert-OH is 1. The van der Waals surface area contributed by atoms with Gasteiger partial charge in [-0.1, -0.05) is 30.8 Å². The molecule has 0 bridgehead atoms. The van der Waals surface area contributed by atoms with E-state index in [1.807, 2.05) is 24.3 Å². The first-order valence-electron chi connectivity index (χ1n) is 13.5. The summed E-state index contributed by atoms with van der Waals surface area (Å²) in [4.78, 5) is 23.9. The molecule has 0 saturated carbocycles. The van der Waals surface area contributed by atoms with E-state index >= 15 is 0 Å². The molecular weight excluding hydrogens is 542 g/mol. The number of halogens is 2. The molecule has 1 aliphatic rings. The van der Waals surface area contributed by atoms with Crippen LogP contribution >= 0.6 is 0 Å². The minimum atomic E-state index is -1.79. The number of anilines is 4. The van der Waals surface area contributed by atoms with Crippen LogP contribution in [0.25, 0.3) is 22.0 Å². The van der Waals surface area contributed by atoms with Crippen molar-refractivity contribution in [1.82, 2.24) is 14.9 Å². The number of aliphatic hydroxyl groups is 1. The zero-order chi connectivity index (χ0) is 29.6. The maximum atomic E-state index is 14.9. The molecule has 2 heterocycles. The van der Waals surface area contributed by atoms with Crippen molar-refractivity contribution >= 4 is 39.8 Å². The molecule has 218 valence electrons.